The number of aliphatic hydroxyl groups excluding tert-OH is 1. The molecule has 0 bridgehead atoms. The Labute approximate surface area is 308 Å². The van der Waals surface area contributed by atoms with Crippen molar-refractivity contribution < 1.29 is 41.0 Å². The van der Waals surface area contributed by atoms with E-state index < -0.39 is 21.9 Å². The molecule has 3 N–H and O–H groups in total. The monoisotopic (exact) mass is 757 g/mol. The Balaban J connectivity index is 0.00000152. The number of aromatic nitrogens is 2. The number of aliphatic hydroxyl groups is 1. The van der Waals surface area contributed by atoms with Crippen molar-refractivity contribution in [1.82, 2.24) is 20.4 Å². The van der Waals surface area contributed by atoms with Gasteiger partial charge < -0.3 is 24.8 Å². The van der Waals surface area contributed by atoms with Crippen LogP contribution in [0, 0.1) is 0 Å². The van der Waals surface area contributed by atoms with Gasteiger partial charge in [-0.25, -0.2) is 8.42 Å². The molecule has 0 spiro atoms. The summed E-state index contributed by atoms with van der Waals surface area (Å²) in [6, 6.07) is 23.1. The Hall–Kier alpha value is -4.73. The number of benzene rings is 3. The summed E-state index contributed by atoms with van der Waals surface area (Å²) in [7, 11) is -2.81. The van der Waals surface area contributed by atoms with Gasteiger partial charge in [-0.1, -0.05) is 56.3 Å². The lowest BCUT2D eigenvalue weighted by molar-refractivity contribution is -0.141. The fourth-order valence-electron chi connectivity index (χ4n) is 6.01. The molecule has 2 saturated heterocycles. The Kier molecular flexibility index (Phi) is 15.0. The van der Waals surface area contributed by atoms with Crippen LogP contribution >= 0.6 is 0 Å². The molecule has 6 rings (SSSR count). The standard InChI is InChI=1S/C35H36F3N5O5S.C2H6.CH4O/c36-35(37,38)32-14-15-33(41-40-32)48-29-11-8-25(9-12-29)26-16-19-43(20-17-26)34(44)27-10-13-31(47-22-28-7-4-18-39-28)30(21-27)42-49(45,46)23-24-5-2-1-3-6-24;2*1-2/h1-3,5-6,8-15,21,26,28,39,42H,4,7,16-20,22-23H2;1-2H3;2H,1H3. The van der Waals surface area contributed by atoms with Gasteiger partial charge in [0.1, 0.15) is 18.1 Å². The van der Waals surface area contributed by atoms with Gasteiger partial charge >= 0.3 is 6.18 Å². The molecule has 2 aliphatic rings. The van der Waals surface area contributed by atoms with E-state index in [9.17, 15) is 26.4 Å². The van der Waals surface area contributed by atoms with Crippen LogP contribution in [0.1, 0.15) is 72.6 Å². The molecule has 11 nitrogen and oxygen atoms in total. The molecule has 3 aromatic carbocycles. The first kappa shape index (κ1) is 41.0. The van der Waals surface area contributed by atoms with E-state index in [1.54, 1.807) is 59.5 Å². The molecule has 286 valence electrons. The molecular weight excluding hydrogens is 712 g/mol. The third-order valence-corrected chi connectivity index (χ3v) is 9.82. The lowest BCUT2D eigenvalue weighted by Crippen LogP contribution is -2.38. The van der Waals surface area contributed by atoms with Crippen LogP contribution in [-0.2, 0) is 22.0 Å². The zero-order valence-corrected chi connectivity index (χ0v) is 30.8. The number of ether oxygens (including phenoxy) is 2. The van der Waals surface area contributed by atoms with Crippen LogP contribution in [0.25, 0.3) is 0 Å². The van der Waals surface area contributed by atoms with E-state index in [4.69, 9.17) is 14.6 Å². The Bertz CT molecular complexity index is 1830. The number of likely N-dealkylation sites (tertiary alicyclic amines) is 1. The summed E-state index contributed by atoms with van der Waals surface area (Å²) in [5.74, 6) is 0.479. The highest BCUT2D eigenvalue weighted by molar-refractivity contribution is 7.91. The number of rotatable bonds is 11. The average Bonchev–Trinajstić information content (AvgIpc) is 3.70. The molecule has 1 aromatic heterocycles. The minimum Gasteiger partial charge on any atom is -0.490 e. The van der Waals surface area contributed by atoms with Crippen LogP contribution in [0.5, 0.6) is 17.4 Å². The lowest BCUT2D eigenvalue weighted by atomic mass is 9.89. The van der Waals surface area contributed by atoms with Gasteiger partial charge in [0.2, 0.25) is 15.9 Å². The second-order valence-electron chi connectivity index (χ2n) is 12.2. The van der Waals surface area contributed by atoms with Crippen LogP contribution in [-0.4, -0.2) is 73.9 Å². The molecule has 15 heteroatoms. The maximum absolute atomic E-state index is 13.6. The Morgan fingerprint density at radius 2 is 1.64 bits per heavy atom. The second kappa shape index (κ2) is 19.4. The molecule has 0 aliphatic carbocycles. The summed E-state index contributed by atoms with van der Waals surface area (Å²) in [5, 5.41) is 17.0. The first-order chi connectivity index (χ1) is 25.5. The molecule has 4 aromatic rings. The minimum atomic E-state index is -4.58. The summed E-state index contributed by atoms with van der Waals surface area (Å²) in [4.78, 5) is 15.4. The van der Waals surface area contributed by atoms with E-state index in [0.29, 0.717) is 55.2 Å². The number of halogens is 3. The largest absolute Gasteiger partial charge is 0.490 e. The summed E-state index contributed by atoms with van der Waals surface area (Å²) >= 11 is 0. The summed E-state index contributed by atoms with van der Waals surface area (Å²) in [6.07, 6.45) is -1.14. The number of anilines is 1. The number of amides is 1. The molecule has 1 atom stereocenters. The van der Waals surface area contributed by atoms with E-state index in [1.807, 2.05) is 32.0 Å². The molecule has 3 heterocycles. The quantitative estimate of drug-likeness (QED) is 0.147. The van der Waals surface area contributed by atoms with Crippen LogP contribution in [0.3, 0.4) is 0 Å². The van der Waals surface area contributed by atoms with Gasteiger partial charge in [-0.3, -0.25) is 9.52 Å². The predicted molar refractivity (Wildman–Crippen MR) is 197 cm³/mol. The van der Waals surface area contributed by atoms with Gasteiger partial charge in [-0.2, -0.15) is 13.2 Å². The van der Waals surface area contributed by atoms with Crippen LogP contribution in [0.15, 0.2) is 84.9 Å². The van der Waals surface area contributed by atoms with Gasteiger partial charge in [0, 0.05) is 37.9 Å². The van der Waals surface area contributed by atoms with E-state index in [-0.39, 0.29) is 35.2 Å². The fourth-order valence-corrected chi connectivity index (χ4v) is 7.21. The number of carbonyl (C=O) groups excluding carboxylic acids is 1. The van der Waals surface area contributed by atoms with E-state index in [0.717, 1.165) is 44.2 Å². The number of piperidine rings is 1. The van der Waals surface area contributed by atoms with Gasteiger partial charge in [0.15, 0.2) is 5.69 Å². The third kappa shape index (κ3) is 11.9. The van der Waals surface area contributed by atoms with Crippen molar-refractivity contribution in [3.8, 4) is 17.4 Å². The number of nitrogens with one attached hydrogen (secondary N) is 2. The maximum Gasteiger partial charge on any atom is 0.435 e. The minimum absolute atomic E-state index is 0.0508. The topological polar surface area (TPSA) is 143 Å². The van der Waals surface area contributed by atoms with Crippen molar-refractivity contribution in [3.05, 3.63) is 107 Å². The second-order valence-corrected chi connectivity index (χ2v) is 13.9. The van der Waals surface area contributed by atoms with E-state index in [2.05, 4.69) is 20.2 Å². The van der Waals surface area contributed by atoms with Gasteiger partial charge in [0.25, 0.3) is 5.91 Å². The highest BCUT2D eigenvalue weighted by Crippen LogP contribution is 2.33. The first-order valence-electron chi connectivity index (χ1n) is 17.5. The zero-order chi connectivity index (χ0) is 38.4. The Morgan fingerprint density at radius 3 is 2.25 bits per heavy atom. The fraction of sp³-hybridized carbons (Fsp3) is 0.395. The number of nitrogens with zero attached hydrogens (tertiary/aromatic N) is 3. The summed E-state index contributed by atoms with van der Waals surface area (Å²) in [6.45, 7) is 6.30. The molecule has 0 radical (unpaired) electrons. The predicted octanol–water partition coefficient (Wildman–Crippen LogP) is 7.01. The maximum atomic E-state index is 13.6. The summed E-state index contributed by atoms with van der Waals surface area (Å²) < 4.78 is 78.8. The van der Waals surface area contributed by atoms with E-state index in [1.165, 1.54) is 0 Å². The lowest BCUT2D eigenvalue weighted by Gasteiger charge is -2.32. The first-order valence-corrected chi connectivity index (χ1v) is 19.1. The van der Waals surface area contributed by atoms with Crippen molar-refractivity contribution >= 4 is 21.6 Å². The Morgan fingerprint density at radius 1 is 0.943 bits per heavy atom. The molecule has 1 unspecified atom stereocenters. The van der Waals surface area contributed by atoms with Crippen molar-refractivity contribution in [2.24, 2.45) is 0 Å². The molecule has 1 amide bonds. The van der Waals surface area contributed by atoms with Crippen LogP contribution in [0.2, 0.25) is 0 Å². The van der Waals surface area contributed by atoms with Crippen LogP contribution in [0.4, 0.5) is 18.9 Å². The normalized spacial score (nSPS) is 16.1. The molecular formula is C38H46F3N5O6S. The van der Waals surface area contributed by atoms with Crippen molar-refractivity contribution in [3.63, 3.8) is 0 Å². The highest BCUT2D eigenvalue weighted by atomic mass is 32.2. The number of carbonyl (C=O) groups is 1. The zero-order valence-electron chi connectivity index (χ0n) is 30.0. The number of sulfonamides is 1. The smallest absolute Gasteiger partial charge is 0.435 e. The van der Waals surface area contributed by atoms with Gasteiger partial charge in [-0.15, -0.1) is 10.2 Å². The van der Waals surface area contributed by atoms with Crippen molar-refractivity contribution in [2.45, 2.75) is 63.4 Å². The third-order valence-electron chi connectivity index (χ3n) is 8.58. The molecule has 0 saturated carbocycles. The number of alkyl halides is 3. The van der Waals surface area contributed by atoms with Gasteiger partial charge in [-0.05, 0) is 85.7 Å². The number of hydrogen-bond donors (Lipinski definition) is 3. The number of hydrogen-bond acceptors (Lipinski definition) is 9. The van der Waals surface area contributed by atoms with Crippen molar-refractivity contribution in [2.75, 3.05) is 38.1 Å². The molecule has 53 heavy (non-hydrogen) atoms. The summed E-state index contributed by atoms with van der Waals surface area (Å²) in [5.41, 5.74) is 1.17. The van der Waals surface area contributed by atoms with Crippen LogP contribution < -0.4 is 19.5 Å². The van der Waals surface area contributed by atoms with Crippen molar-refractivity contribution in [1.29, 1.82) is 0 Å². The van der Waals surface area contributed by atoms with Gasteiger partial charge in [0.05, 0.1) is 11.4 Å². The average molecular weight is 758 g/mol. The molecule has 2 aliphatic heterocycles. The molecule has 2 fully saturated rings. The van der Waals surface area contributed by atoms with E-state index >= 15 is 0 Å². The highest BCUT2D eigenvalue weighted by Gasteiger charge is 2.33. The SMILES string of the molecule is CC.CO.O=C(c1ccc(OCC2CCCN2)c(NS(=O)(=O)Cc2ccccc2)c1)N1CCC(c2ccc(Oc3ccc(C(F)(F)F)nn3)cc2)CC1.